The molecule has 5 heteroatoms. The van der Waals surface area contributed by atoms with Crippen molar-refractivity contribution in [3.05, 3.63) is 46.7 Å². The van der Waals surface area contributed by atoms with Crippen molar-refractivity contribution >= 4 is 22.9 Å². The number of carbonyl (C=O) groups excluding carboxylic acids is 1. The van der Waals surface area contributed by atoms with Gasteiger partial charge >= 0.3 is 0 Å². The van der Waals surface area contributed by atoms with Crippen LogP contribution >= 0.6 is 11.3 Å². The standard InChI is InChI=1S/C13H10N2O2S/c14-5-6-17-12-3-1-2-11(8-12)15-13(16)10-4-7-18-9-10/h1-4,7-9H,6H2,(H,15,16). The lowest BCUT2D eigenvalue weighted by Crippen LogP contribution is -2.10. The van der Waals surface area contributed by atoms with E-state index in [9.17, 15) is 4.79 Å². The van der Waals surface area contributed by atoms with E-state index in [1.165, 1.54) is 11.3 Å². The Morgan fingerprint density at radius 2 is 2.33 bits per heavy atom. The van der Waals surface area contributed by atoms with Crippen LogP contribution in [0.15, 0.2) is 41.1 Å². The van der Waals surface area contributed by atoms with Gasteiger partial charge in [-0.05, 0) is 23.6 Å². The fourth-order valence-electron chi connectivity index (χ4n) is 1.38. The van der Waals surface area contributed by atoms with Gasteiger partial charge < -0.3 is 10.1 Å². The number of anilines is 1. The molecule has 1 N–H and O–H groups in total. The molecule has 0 radical (unpaired) electrons. The largest absolute Gasteiger partial charge is 0.479 e. The Hall–Kier alpha value is -2.32. The summed E-state index contributed by atoms with van der Waals surface area (Å²) in [6.07, 6.45) is 0. The smallest absolute Gasteiger partial charge is 0.256 e. The van der Waals surface area contributed by atoms with Gasteiger partial charge in [0, 0.05) is 17.1 Å². The maximum atomic E-state index is 11.8. The molecule has 18 heavy (non-hydrogen) atoms. The van der Waals surface area contributed by atoms with Gasteiger partial charge in [0.1, 0.15) is 11.8 Å². The van der Waals surface area contributed by atoms with Crippen molar-refractivity contribution in [3.63, 3.8) is 0 Å². The van der Waals surface area contributed by atoms with Crippen LogP contribution in [0.3, 0.4) is 0 Å². The Labute approximate surface area is 108 Å². The number of thiophene rings is 1. The topological polar surface area (TPSA) is 62.1 Å². The molecule has 0 saturated carbocycles. The maximum absolute atomic E-state index is 11.8. The molecule has 0 unspecified atom stereocenters. The molecule has 1 heterocycles. The third-order valence-electron chi connectivity index (χ3n) is 2.18. The number of ether oxygens (including phenoxy) is 1. The molecule has 0 aliphatic rings. The number of hydrogen-bond donors (Lipinski definition) is 1. The van der Waals surface area contributed by atoms with Crippen molar-refractivity contribution < 1.29 is 9.53 Å². The summed E-state index contributed by atoms with van der Waals surface area (Å²) in [6.45, 7) is -0.0120. The van der Waals surface area contributed by atoms with E-state index >= 15 is 0 Å². The minimum absolute atomic E-state index is 0.0120. The van der Waals surface area contributed by atoms with Crippen LogP contribution < -0.4 is 10.1 Å². The SMILES string of the molecule is N#CCOc1cccc(NC(=O)c2ccsc2)c1. The highest BCUT2D eigenvalue weighted by Gasteiger charge is 2.06. The molecule has 0 atom stereocenters. The Bertz CT molecular complexity index is 573. The van der Waals surface area contributed by atoms with Crippen molar-refractivity contribution in [2.75, 3.05) is 11.9 Å². The first-order chi connectivity index (χ1) is 8.79. The Balaban J connectivity index is 2.05. The average molecular weight is 258 g/mol. The van der Waals surface area contributed by atoms with Crippen molar-refractivity contribution in [1.29, 1.82) is 5.26 Å². The van der Waals surface area contributed by atoms with E-state index in [1.54, 1.807) is 35.7 Å². The van der Waals surface area contributed by atoms with Crippen LogP contribution in [-0.4, -0.2) is 12.5 Å². The highest BCUT2D eigenvalue weighted by Crippen LogP contribution is 2.18. The van der Waals surface area contributed by atoms with Crippen LogP contribution in [0.1, 0.15) is 10.4 Å². The van der Waals surface area contributed by atoms with Crippen LogP contribution in [0.5, 0.6) is 5.75 Å². The zero-order valence-electron chi connectivity index (χ0n) is 9.42. The zero-order chi connectivity index (χ0) is 12.8. The first-order valence-electron chi connectivity index (χ1n) is 5.23. The monoisotopic (exact) mass is 258 g/mol. The lowest BCUT2D eigenvalue weighted by molar-refractivity contribution is 0.102. The Kier molecular flexibility index (Phi) is 3.94. The molecular formula is C13H10N2O2S. The minimum Gasteiger partial charge on any atom is -0.479 e. The van der Waals surface area contributed by atoms with Gasteiger partial charge in [-0.2, -0.15) is 16.6 Å². The summed E-state index contributed by atoms with van der Waals surface area (Å²) < 4.78 is 5.16. The van der Waals surface area contributed by atoms with Gasteiger partial charge in [0.15, 0.2) is 6.61 Å². The third-order valence-corrected chi connectivity index (χ3v) is 2.86. The van der Waals surface area contributed by atoms with E-state index in [0.29, 0.717) is 17.0 Å². The molecule has 0 fully saturated rings. The Morgan fingerprint density at radius 1 is 1.44 bits per heavy atom. The van der Waals surface area contributed by atoms with E-state index in [4.69, 9.17) is 10.00 Å². The molecule has 1 amide bonds. The second-order valence-corrected chi connectivity index (χ2v) is 4.22. The molecule has 90 valence electrons. The van der Waals surface area contributed by atoms with E-state index < -0.39 is 0 Å². The first-order valence-corrected chi connectivity index (χ1v) is 6.17. The van der Waals surface area contributed by atoms with E-state index in [2.05, 4.69) is 5.32 Å². The zero-order valence-corrected chi connectivity index (χ0v) is 10.2. The van der Waals surface area contributed by atoms with Gasteiger partial charge in [0.2, 0.25) is 0 Å². The average Bonchev–Trinajstić information content (AvgIpc) is 2.91. The number of carbonyl (C=O) groups is 1. The van der Waals surface area contributed by atoms with E-state index in [-0.39, 0.29) is 12.5 Å². The number of hydrogen-bond acceptors (Lipinski definition) is 4. The molecular weight excluding hydrogens is 248 g/mol. The van der Waals surface area contributed by atoms with Crippen molar-refractivity contribution in [3.8, 4) is 11.8 Å². The van der Waals surface area contributed by atoms with Gasteiger partial charge in [0.25, 0.3) is 5.91 Å². The lowest BCUT2D eigenvalue weighted by Gasteiger charge is -2.06. The van der Waals surface area contributed by atoms with Crippen molar-refractivity contribution in [2.24, 2.45) is 0 Å². The number of nitriles is 1. The predicted octanol–water partition coefficient (Wildman–Crippen LogP) is 2.90. The second kappa shape index (κ2) is 5.84. The summed E-state index contributed by atoms with van der Waals surface area (Å²) in [5, 5.41) is 14.8. The number of benzene rings is 1. The second-order valence-electron chi connectivity index (χ2n) is 3.44. The fourth-order valence-corrected chi connectivity index (χ4v) is 2.01. The molecule has 0 spiro atoms. The molecule has 1 aromatic heterocycles. The van der Waals surface area contributed by atoms with Gasteiger partial charge in [-0.25, -0.2) is 0 Å². The van der Waals surface area contributed by atoms with Gasteiger partial charge in [-0.1, -0.05) is 6.07 Å². The van der Waals surface area contributed by atoms with Crippen LogP contribution in [0.4, 0.5) is 5.69 Å². The summed E-state index contributed by atoms with van der Waals surface area (Å²) in [7, 11) is 0. The van der Waals surface area contributed by atoms with Gasteiger partial charge in [0.05, 0.1) is 5.56 Å². The summed E-state index contributed by atoms with van der Waals surface area (Å²) in [4.78, 5) is 11.8. The summed E-state index contributed by atoms with van der Waals surface area (Å²) in [5.74, 6) is 0.397. The van der Waals surface area contributed by atoms with Crippen molar-refractivity contribution in [1.82, 2.24) is 0 Å². The quantitative estimate of drug-likeness (QED) is 0.917. The fraction of sp³-hybridized carbons (Fsp3) is 0.0769. The lowest BCUT2D eigenvalue weighted by atomic mass is 10.2. The van der Waals surface area contributed by atoms with Crippen LogP contribution in [0, 0.1) is 11.3 Å². The molecule has 1 aromatic carbocycles. The molecule has 0 aliphatic heterocycles. The summed E-state index contributed by atoms with van der Waals surface area (Å²) in [6, 6.07) is 10.6. The highest BCUT2D eigenvalue weighted by atomic mass is 32.1. The molecule has 4 nitrogen and oxygen atoms in total. The highest BCUT2D eigenvalue weighted by molar-refractivity contribution is 7.08. The first kappa shape index (κ1) is 12.1. The maximum Gasteiger partial charge on any atom is 0.256 e. The summed E-state index contributed by atoms with van der Waals surface area (Å²) in [5.41, 5.74) is 1.27. The Morgan fingerprint density at radius 3 is 3.06 bits per heavy atom. The number of rotatable bonds is 4. The number of amides is 1. The van der Waals surface area contributed by atoms with Gasteiger partial charge in [-0.3, -0.25) is 4.79 Å². The van der Waals surface area contributed by atoms with Crippen LogP contribution in [0.25, 0.3) is 0 Å². The molecule has 0 bridgehead atoms. The normalized spacial score (nSPS) is 9.50. The third kappa shape index (κ3) is 3.09. The predicted molar refractivity (Wildman–Crippen MR) is 69.8 cm³/mol. The molecule has 2 aromatic rings. The number of nitrogens with one attached hydrogen (secondary N) is 1. The van der Waals surface area contributed by atoms with E-state index in [1.807, 2.05) is 11.4 Å². The number of nitrogens with zero attached hydrogens (tertiary/aromatic N) is 1. The van der Waals surface area contributed by atoms with Crippen molar-refractivity contribution in [2.45, 2.75) is 0 Å². The minimum atomic E-state index is -0.159. The molecule has 0 saturated heterocycles. The van der Waals surface area contributed by atoms with Crippen LogP contribution in [0.2, 0.25) is 0 Å². The van der Waals surface area contributed by atoms with E-state index in [0.717, 1.165) is 0 Å². The molecule has 0 aliphatic carbocycles. The summed E-state index contributed by atoms with van der Waals surface area (Å²) >= 11 is 1.47. The van der Waals surface area contributed by atoms with Crippen LogP contribution in [-0.2, 0) is 0 Å². The van der Waals surface area contributed by atoms with Gasteiger partial charge in [-0.15, -0.1) is 0 Å². The molecule has 2 rings (SSSR count).